The summed E-state index contributed by atoms with van der Waals surface area (Å²) in [6.45, 7) is 4.27. The van der Waals surface area contributed by atoms with Crippen molar-refractivity contribution in [2.75, 3.05) is 6.61 Å². The molecule has 1 aromatic rings. The third-order valence-corrected chi connectivity index (χ3v) is 5.60. The number of hydrogen-bond donors (Lipinski definition) is 3. The molecule has 0 radical (unpaired) electrons. The van der Waals surface area contributed by atoms with E-state index in [0.29, 0.717) is 5.82 Å². The molecule has 1 unspecified atom stereocenters. The second-order valence-corrected chi connectivity index (χ2v) is 8.40. The van der Waals surface area contributed by atoms with Crippen LogP contribution in [0.4, 0.5) is 0 Å². The van der Waals surface area contributed by atoms with Gasteiger partial charge in [0.25, 0.3) is 0 Å². The van der Waals surface area contributed by atoms with Crippen molar-refractivity contribution in [3.63, 3.8) is 0 Å². The molecule has 27 heavy (non-hydrogen) atoms. The van der Waals surface area contributed by atoms with Crippen molar-refractivity contribution in [3.05, 3.63) is 5.82 Å². The van der Waals surface area contributed by atoms with Crippen LogP contribution in [0.2, 0.25) is 0 Å². The minimum atomic E-state index is -0.606. The van der Waals surface area contributed by atoms with Crippen LogP contribution in [0.1, 0.15) is 70.5 Å². The first-order valence-electron chi connectivity index (χ1n) is 9.89. The molecule has 2 heterocycles. The zero-order chi connectivity index (χ0) is 19.4. The maximum absolute atomic E-state index is 12.8. The number of tetrazole rings is 1. The molecule has 0 saturated heterocycles. The molecule has 9 heteroatoms. The number of aryl methyl sites for hydroxylation is 1. The maximum atomic E-state index is 12.8. The van der Waals surface area contributed by atoms with Crippen LogP contribution >= 0.6 is 0 Å². The van der Waals surface area contributed by atoms with Crippen LogP contribution in [0.25, 0.3) is 0 Å². The molecule has 0 aromatic carbocycles. The van der Waals surface area contributed by atoms with Gasteiger partial charge < -0.3 is 15.7 Å². The Bertz CT molecular complexity index is 666. The molecule has 1 aliphatic heterocycles. The molecule has 1 aromatic heterocycles. The van der Waals surface area contributed by atoms with Crippen molar-refractivity contribution in [2.24, 2.45) is 5.92 Å². The lowest BCUT2D eigenvalue weighted by molar-refractivity contribution is -0.128. The van der Waals surface area contributed by atoms with Gasteiger partial charge in [-0.25, -0.2) is 4.68 Å². The van der Waals surface area contributed by atoms with Crippen LogP contribution in [0.5, 0.6) is 0 Å². The lowest BCUT2D eigenvalue weighted by Crippen LogP contribution is -2.50. The molecule has 0 spiro atoms. The summed E-state index contributed by atoms with van der Waals surface area (Å²) in [6.07, 6.45) is 5.74. The van der Waals surface area contributed by atoms with E-state index in [2.05, 4.69) is 26.2 Å². The van der Waals surface area contributed by atoms with Crippen LogP contribution in [0.15, 0.2) is 0 Å². The highest BCUT2D eigenvalue weighted by Gasteiger charge is 2.33. The fourth-order valence-electron chi connectivity index (χ4n) is 3.88. The standard InChI is InChI=1S/C18H30N6O3/c1-18(2,11-25)20-16(26)12-6-8-13(9-7-12)19-17(27)14-5-3-4-10-24-15(14)21-22-23-24/h12-14,25H,3-11H2,1-2H3,(H,19,27)(H,20,26). The molecular weight excluding hydrogens is 348 g/mol. The van der Waals surface area contributed by atoms with E-state index >= 15 is 0 Å². The molecule has 1 aliphatic carbocycles. The molecule has 0 bridgehead atoms. The first-order valence-corrected chi connectivity index (χ1v) is 9.89. The van der Waals surface area contributed by atoms with Crippen LogP contribution in [0.3, 0.4) is 0 Å². The molecule has 1 atom stereocenters. The molecule has 3 rings (SSSR count). The quantitative estimate of drug-likeness (QED) is 0.686. The predicted octanol–water partition coefficient (Wildman–Crippen LogP) is 0.503. The number of aromatic nitrogens is 4. The number of carbonyl (C=O) groups excluding carboxylic acids is 2. The van der Waals surface area contributed by atoms with E-state index < -0.39 is 5.54 Å². The normalized spacial score (nSPS) is 26.0. The third-order valence-electron chi connectivity index (χ3n) is 5.60. The van der Waals surface area contributed by atoms with Gasteiger partial charge in [-0.15, -0.1) is 5.10 Å². The predicted molar refractivity (Wildman–Crippen MR) is 97.6 cm³/mol. The highest BCUT2D eigenvalue weighted by Crippen LogP contribution is 2.28. The van der Waals surface area contributed by atoms with Gasteiger partial charge >= 0.3 is 0 Å². The van der Waals surface area contributed by atoms with Gasteiger partial charge in [-0.3, -0.25) is 9.59 Å². The second kappa shape index (κ2) is 8.33. The van der Waals surface area contributed by atoms with Gasteiger partial charge in [-0.05, 0) is 62.8 Å². The number of amides is 2. The van der Waals surface area contributed by atoms with E-state index in [9.17, 15) is 14.7 Å². The van der Waals surface area contributed by atoms with E-state index in [4.69, 9.17) is 0 Å². The summed E-state index contributed by atoms with van der Waals surface area (Å²) in [7, 11) is 0. The van der Waals surface area contributed by atoms with E-state index in [1.54, 1.807) is 18.5 Å². The second-order valence-electron chi connectivity index (χ2n) is 8.40. The highest BCUT2D eigenvalue weighted by molar-refractivity contribution is 5.83. The third kappa shape index (κ3) is 4.82. The smallest absolute Gasteiger partial charge is 0.231 e. The molecule has 2 amide bonds. The van der Waals surface area contributed by atoms with Crippen LogP contribution < -0.4 is 10.6 Å². The zero-order valence-electron chi connectivity index (χ0n) is 16.1. The average Bonchev–Trinajstić information content (AvgIpc) is 3.01. The van der Waals surface area contributed by atoms with Crippen LogP contribution in [0, 0.1) is 5.92 Å². The van der Waals surface area contributed by atoms with Crippen molar-refractivity contribution in [1.29, 1.82) is 0 Å². The number of fused-ring (bicyclic) bond motifs is 1. The largest absolute Gasteiger partial charge is 0.394 e. The van der Waals surface area contributed by atoms with Gasteiger partial charge in [0.15, 0.2) is 5.82 Å². The Balaban J connectivity index is 1.51. The van der Waals surface area contributed by atoms with Crippen molar-refractivity contribution in [1.82, 2.24) is 30.8 Å². The summed E-state index contributed by atoms with van der Waals surface area (Å²) >= 11 is 0. The molecule has 1 saturated carbocycles. The van der Waals surface area contributed by atoms with Crippen molar-refractivity contribution in [3.8, 4) is 0 Å². The van der Waals surface area contributed by atoms with E-state index in [1.165, 1.54) is 0 Å². The summed E-state index contributed by atoms with van der Waals surface area (Å²) in [6, 6.07) is 0.0833. The van der Waals surface area contributed by atoms with Gasteiger partial charge in [-0.2, -0.15) is 0 Å². The lowest BCUT2D eigenvalue weighted by Gasteiger charge is -2.32. The number of rotatable bonds is 5. The number of nitrogens with zero attached hydrogens (tertiary/aromatic N) is 4. The summed E-state index contributed by atoms with van der Waals surface area (Å²) in [5, 5.41) is 27.1. The summed E-state index contributed by atoms with van der Waals surface area (Å²) < 4.78 is 1.74. The average molecular weight is 378 g/mol. The molecule has 150 valence electrons. The minimum absolute atomic E-state index is 0.0118. The highest BCUT2D eigenvalue weighted by atomic mass is 16.3. The first kappa shape index (κ1) is 19.7. The van der Waals surface area contributed by atoms with Crippen molar-refractivity contribution < 1.29 is 14.7 Å². The number of nitrogens with one attached hydrogen (secondary N) is 2. The Hall–Kier alpha value is -2.03. The Labute approximate surface area is 159 Å². The lowest BCUT2D eigenvalue weighted by atomic mass is 9.84. The Morgan fingerprint density at radius 2 is 1.89 bits per heavy atom. The summed E-state index contributed by atoms with van der Waals surface area (Å²) in [5.74, 6) is 0.274. The molecule has 9 nitrogen and oxygen atoms in total. The number of carbonyl (C=O) groups is 2. The van der Waals surface area contributed by atoms with Gasteiger partial charge in [0, 0.05) is 18.5 Å². The van der Waals surface area contributed by atoms with Crippen molar-refractivity contribution in [2.45, 2.75) is 82.8 Å². The van der Waals surface area contributed by atoms with E-state index in [0.717, 1.165) is 51.5 Å². The zero-order valence-corrected chi connectivity index (χ0v) is 16.1. The number of aliphatic hydroxyl groups is 1. The van der Waals surface area contributed by atoms with Gasteiger partial charge in [-0.1, -0.05) is 6.42 Å². The van der Waals surface area contributed by atoms with E-state index in [1.807, 2.05) is 0 Å². The first-order chi connectivity index (χ1) is 12.9. The van der Waals surface area contributed by atoms with Crippen LogP contribution in [-0.4, -0.2) is 55.3 Å². The Kier molecular flexibility index (Phi) is 6.08. The molecule has 3 N–H and O–H groups in total. The Morgan fingerprint density at radius 1 is 1.15 bits per heavy atom. The van der Waals surface area contributed by atoms with Crippen LogP contribution in [-0.2, 0) is 16.1 Å². The summed E-state index contributed by atoms with van der Waals surface area (Å²) in [4.78, 5) is 25.2. The topological polar surface area (TPSA) is 122 Å². The number of aliphatic hydroxyl groups excluding tert-OH is 1. The maximum Gasteiger partial charge on any atom is 0.231 e. The van der Waals surface area contributed by atoms with Gasteiger partial charge in [0.1, 0.15) is 0 Å². The van der Waals surface area contributed by atoms with E-state index in [-0.39, 0.29) is 36.3 Å². The fourth-order valence-corrected chi connectivity index (χ4v) is 3.88. The van der Waals surface area contributed by atoms with Crippen molar-refractivity contribution >= 4 is 11.8 Å². The Morgan fingerprint density at radius 3 is 2.59 bits per heavy atom. The van der Waals surface area contributed by atoms with Gasteiger partial charge in [0.05, 0.1) is 18.1 Å². The molecule has 1 fully saturated rings. The monoisotopic (exact) mass is 378 g/mol. The molecule has 2 aliphatic rings. The minimum Gasteiger partial charge on any atom is -0.394 e. The number of hydrogen-bond acceptors (Lipinski definition) is 6. The summed E-state index contributed by atoms with van der Waals surface area (Å²) in [5.41, 5.74) is -0.606. The fraction of sp³-hybridized carbons (Fsp3) is 0.833. The molecular formula is C18H30N6O3. The SMILES string of the molecule is CC(C)(CO)NC(=O)C1CCC(NC(=O)C2CCCCn3nnnc32)CC1. The van der Waals surface area contributed by atoms with Gasteiger partial charge in [0.2, 0.25) is 11.8 Å².